The van der Waals surface area contributed by atoms with Crippen LogP contribution in [0, 0.1) is 11.3 Å². The van der Waals surface area contributed by atoms with Crippen LogP contribution in [0.5, 0.6) is 5.75 Å². The lowest BCUT2D eigenvalue weighted by molar-refractivity contribution is -0.117. The van der Waals surface area contributed by atoms with Crippen LogP contribution in [0.25, 0.3) is 11.5 Å². The van der Waals surface area contributed by atoms with Crippen molar-refractivity contribution in [1.82, 2.24) is 10.1 Å². The monoisotopic (exact) mass is 360 g/mol. The predicted molar refractivity (Wildman–Crippen MR) is 97.2 cm³/mol. The van der Waals surface area contributed by atoms with Gasteiger partial charge in [-0.05, 0) is 36.4 Å². The molecule has 1 atom stereocenters. The summed E-state index contributed by atoms with van der Waals surface area (Å²) in [5.41, 5.74) is 2.04. The van der Waals surface area contributed by atoms with Crippen molar-refractivity contribution in [3.8, 4) is 23.3 Å². The number of aromatic nitrogens is 2. The summed E-state index contributed by atoms with van der Waals surface area (Å²) in [5.74, 6) is 1.36. The highest BCUT2D eigenvalue weighted by molar-refractivity contribution is 5.97. The second-order valence-corrected chi connectivity index (χ2v) is 6.22. The van der Waals surface area contributed by atoms with Gasteiger partial charge in [-0.1, -0.05) is 17.3 Å². The van der Waals surface area contributed by atoms with Crippen LogP contribution in [0.1, 0.15) is 23.7 Å². The third-order valence-corrected chi connectivity index (χ3v) is 4.57. The Bertz CT molecular complexity index is 1020. The van der Waals surface area contributed by atoms with Crippen LogP contribution in [0.15, 0.2) is 53.1 Å². The Hall–Kier alpha value is -3.66. The molecule has 134 valence electrons. The topological polar surface area (TPSA) is 92.2 Å². The molecule has 1 amide bonds. The van der Waals surface area contributed by atoms with Gasteiger partial charge in [0.25, 0.3) is 5.89 Å². The highest BCUT2D eigenvalue weighted by atomic mass is 16.5. The lowest BCUT2D eigenvalue weighted by Gasteiger charge is -2.18. The highest BCUT2D eigenvalue weighted by Gasteiger charge is 2.35. The summed E-state index contributed by atoms with van der Waals surface area (Å²) in [7, 11) is 1.58. The lowest BCUT2D eigenvalue weighted by Crippen LogP contribution is -2.24. The Kier molecular flexibility index (Phi) is 4.30. The SMILES string of the molecule is COc1ccccc1N1CC(c2noc(-c3ccc(C#N)cc3)n2)CC1=O. The number of amides is 1. The largest absolute Gasteiger partial charge is 0.495 e. The molecule has 1 aliphatic rings. The zero-order valence-electron chi connectivity index (χ0n) is 14.6. The van der Waals surface area contributed by atoms with Crippen LogP contribution in [0.2, 0.25) is 0 Å². The predicted octanol–water partition coefficient (Wildman–Crippen LogP) is 3.14. The van der Waals surface area contributed by atoms with E-state index in [1.807, 2.05) is 24.3 Å². The molecule has 2 heterocycles. The smallest absolute Gasteiger partial charge is 0.257 e. The van der Waals surface area contributed by atoms with Gasteiger partial charge in [-0.3, -0.25) is 4.79 Å². The molecule has 4 rings (SSSR count). The molecule has 0 N–H and O–H groups in total. The van der Waals surface area contributed by atoms with Gasteiger partial charge in [-0.2, -0.15) is 10.2 Å². The Labute approximate surface area is 155 Å². The van der Waals surface area contributed by atoms with E-state index < -0.39 is 0 Å². The van der Waals surface area contributed by atoms with Crippen molar-refractivity contribution in [2.24, 2.45) is 0 Å². The average Bonchev–Trinajstić information content (AvgIpc) is 3.35. The van der Waals surface area contributed by atoms with Crippen molar-refractivity contribution in [2.75, 3.05) is 18.6 Å². The molecule has 27 heavy (non-hydrogen) atoms. The molecule has 0 spiro atoms. The number of carbonyl (C=O) groups is 1. The van der Waals surface area contributed by atoms with Gasteiger partial charge in [0.05, 0.1) is 24.4 Å². The Balaban J connectivity index is 1.56. The van der Waals surface area contributed by atoms with E-state index in [0.717, 1.165) is 11.3 Å². The number of hydrogen-bond donors (Lipinski definition) is 0. The third kappa shape index (κ3) is 3.13. The Morgan fingerprint density at radius 3 is 2.74 bits per heavy atom. The number of methoxy groups -OCH3 is 1. The molecule has 3 aromatic rings. The molecule has 0 aliphatic carbocycles. The lowest BCUT2D eigenvalue weighted by atomic mass is 10.1. The van der Waals surface area contributed by atoms with E-state index in [0.29, 0.717) is 36.0 Å². The summed E-state index contributed by atoms with van der Waals surface area (Å²) in [6.45, 7) is 0.464. The molecule has 1 aliphatic heterocycles. The number of nitrogens with zero attached hydrogens (tertiary/aromatic N) is 4. The van der Waals surface area contributed by atoms with Crippen molar-refractivity contribution < 1.29 is 14.1 Å². The standard InChI is InChI=1S/C20H16N4O3/c1-26-17-5-3-2-4-16(17)24-12-15(10-18(24)25)19-22-20(27-23-19)14-8-6-13(11-21)7-9-14/h2-9,15H,10,12H2,1H3. The van der Waals surface area contributed by atoms with E-state index in [9.17, 15) is 4.79 Å². The zero-order valence-corrected chi connectivity index (χ0v) is 14.6. The van der Waals surface area contributed by atoms with Crippen LogP contribution in [0.4, 0.5) is 5.69 Å². The minimum Gasteiger partial charge on any atom is -0.495 e. The van der Waals surface area contributed by atoms with Gasteiger partial charge in [0.2, 0.25) is 5.91 Å². The second-order valence-electron chi connectivity index (χ2n) is 6.22. The van der Waals surface area contributed by atoms with Gasteiger partial charge in [-0.15, -0.1) is 0 Å². The molecule has 1 aromatic heterocycles. The van der Waals surface area contributed by atoms with Crippen molar-refractivity contribution in [3.63, 3.8) is 0 Å². The van der Waals surface area contributed by atoms with E-state index in [-0.39, 0.29) is 11.8 Å². The van der Waals surface area contributed by atoms with E-state index in [2.05, 4.69) is 16.2 Å². The maximum atomic E-state index is 12.5. The maximum Gasteiger partial charge on any atom is 0.257 e. The number of carbonyl (C=O) groups excluding carboxylic acids is 1. The minimum atomic E-state index is -0.154. The molecular formula is C20H16N4O3. The molecule has 2 aromatic carbocycles. The van der Waals surface area contributed by atoms with Crippen molar-refractivity contribution in [2.45, 2.75) is 12.3 Å². The number of rotatable bonds is 4. The molecule has 7 heteroatoms. The number of hydrogen-bond acceptors (Lipinski definition) is 6. The van der Waals surface area contributed by atoms with Gasteiger partial charge in [0.15, 0.2) is 5.82 Å². The maximum absolute atomic E-state index is 12.5. The van der Waals surface area contributed by atoms with Gasteiger partial charge < -0.3 is 14.2 Å². The summed E-state index contributed by atoms with van der Waals surface area (Å²) in [6, 6.07) is 16.4. The summed E-state index contributed by atoms with van der Waals surface area (Å²) < 4.78 is 10.7. The number of benzene rings is 2. The molecular weight excluding hydrogens is 344 g/mol. The van der Waals surface area contributed by atoms with Gasteiger partial charge in [-0.25, -0.2) is 0 Å². The van der Waals surface area contributed by atoms with Crippen molar-refractivity contribution in [1.29, 1.82) is 5.26 Å². The number of para-hydroxylation sites is 2. The molecule has 0 bridgehead atoms. The summed E-state index contributed by atoms with van der Waals surface area (Å²) >= 11 is 0. The van der Waals surface area contributed by atoms with Gasteiger partial charge in [0, 0.05) is 24.4 Å². The molecule has 1 fully saturated rings. The van der Waals surface area contributed by atoms with Gasteiger partial charge >= 0.3 is 0 Å². The first-order chi connectivity index (χ1) is 13.2. The van der Waals surface area contributed by atoms with Crippen LogP contribution >= 0.6 is 0 Å². The summed E-state index contributed by atoms with van der Waals surface area (Å²) in [6.07, 6.45) is 0.310. The number of nitriles is 1. The van der Waals surface area contributed by atoms with Crippen LogP contribution < -0.4 is 9.64 Å². The molecule has 0 saturated carbocycles. The minimum absolute atomic E-state index is 0.00535. The van der Waals surface area contributed by atoms with Crippen LogP contribution in [-0.4, -0.2) is 29.7 Å². The third-order valence-electron chi connectivity index (χ3n) is 4.57. The first kappa shape index (κ1) is 16.8. The normalized spacial score (nSPS) is 16.4. The van der Waals surface area contributed by atoms with Crippen LogP contribution in [-0.2, 0) is 4.79 Å². The average molecular weight is 360 g/mol. The van der Waals surface area contributed by atoms with Crippen LogP contribution in [0.3, 0.4) is 0 Å². The van der Waals surface area contributed by atoms with Gasteiger partial charge in [0.1, 0.15) is 5.75 Å². The first-order valence-corrected chi connectivity index (χ1v) is 8.47. The molecule has 1 saturated heterocycles. The highest BCUT2D eigenvalue weighted by Crippen LogP contribution is 2.36. The van der Waals surface area contributed by atoms with E-state index in [1.54, 1.807) is 36.3 Å². The fourth-order valence-corrected chi connectivity index (χ4v) is 3.17. The molecule has 7 nitrogen and oxygen atoms in total. The van der Waals surface area contributed by atoms with Crippen molar-refractivity contribution >= 4 is 11.6 Å². The number of ether oxygens (including phenoxy) is 1. The Morgan fingerprint density at radius 1 is 1.22 bits per heavy atom. The Morgan fingerprint density at radius 2 is 2.00 bits per heavy atom. The van der Waals surface area contributed by atoms with E-state index in [4.69, 9.17) is 14.5 Å². The zero-order chi connectivity index (χ0) is 18.8. The van der Waals surface area contributed by atoms with E-state index in [1.165, 1.54) is 0 Å². The first-order valence-electron chi connectivity index (χ1n) is 8.47. The summed E-state index contributed by atoms with van der Waals surface area (Å²) in [4.78, 5) is 18.7. The fourth-order valence-electron chi connectivity index (χ4n) is 3.17. The van der Waals surface area contributed by atoms with E-state index >= 15 is 0 Å². The molecule has 0 radical (unpaired) electrons. The quantitative estimate of drug-likeness (QED) is 0.710. The number of anilines is 1. The summed E-state index contributed by atoms with van der Waals surface area (Å²) in [5, 5.41) is 12.9. The second kappa shape index (κ2) is 6.92. The molecule has 1 unspecified atom stereocenters. The fraction of sp³-hybridized carbons (Fsp3) is 0.200. The van der Waals surface area contributed by atoms with Crippen molar-refractivity contribution in [3.05, 3.63) is 59.9 Å².